The molecule has 2 aliphatic rings. The van der Waals surface area contributed by atoms with Gasteiger partial charge in [-0.05, 0) is 78.6 Å². The van der Waals surface area contributed by atoms with Gasteiger partial charge in [0, 0.05) is 6.61 Å². The van der Waals surface area contributed by atoms with Gasteiger partial charge in [-0.25, -0.2) is 9.59 Å². The minimum absolute atomic E-state index is 0.0791. The zero-order chi connectivity index (χ0) is 25.2. The molecule has 0 aromatic rings. The monoisotopic (exact) mass is 471 g/mol. The average molecular weight is 472 g/mol. The Labute approximate surface area is 198 Å². The maximum absolute atomic E-state index is 11.6. The van der Waals surface area contributed by atoms with E-state index in [2.05, 4.69) is 5.32 Å². The molecule has 0 bridgehead atoms. The number of aliphatic hydroxyl groups excluding tert-OH is 1. The zero-order valence-electron chi connectivity index (χ0n) is 21.3. The summed E-state index contributed by atoms with van der Waals surface area (Å²) in [6, 6.07) is -0.842. The smallest absolute Gasteiger partial charge is 0.408 e. The Bertz CT molecular complexity index is 628. The minimum Gasteiger partial charge on any atom is -0.480 e. The van der Waals surface area contributed by atoms with E-state index in [9.17, 15) is 19.5 Å². The standard InChI is InChI=1S/C13H24O3.C12H21NO4/c1-13(2,3)16-12(15)8-11(9-14)7-6-10-4-5-10;1-12(2,3)17-11(16)13-9(10(14)15)7-6-8-4-5-8/h10-11,14H,4-9H2,1-3H3;8-9H,4-7H2,1-3H3,(H,13,16)(H,14,15)/t11-;9-/m10/s1. The fourth-order valence-electron chi connectivity index (χ4n) is 3.27. The summed E-state index contributed by atoms with van der Waals surface area (Å²) < 4.78 is 10.3. The Morgan fingerprint density at radius 1 is 0.879 bits per heavy atom. The van der Waals surface area contributed by atoms with Gasteiger partial charge in [0.1, 0.15) is 17.2 Å². The van der Waals surface area contributed by atoms with Crippen LogP contribution < -0.4 is 5.32 Å². The van der Waals surface area contributed by atoms with Crippen molar-refractivity contribution in [3.63, 3.8) is 0 Å². The van der Waals surface area contributed by atoms with Crippen LogP contribution in [-0.2, 0) is 19.1 Å². The van der Waals surface area contributed by atoms with Crippen LogP contribution in [0.5, 0.6) is 0 Å². The normalized spacial score (nSPS) is 17.8. The zero-order valence-corrected chi connectivity index (χ0v) is 21.3. The van der Waals surface area contributed by atoms with E-state index in [-0.39, 0.29) is 18.5 Å². The molecule has 0 heterocycles. The molecule has 192 valence electrons. The van der Waals surface area contributed by atoms with Crippen LogP contribution in [0.4, 0.5) is 4.79 Å². The third kappa shape index (κ3) is 16.4. The van der Waals surface area contributed by atoms with Gasteiger partial charge in [0.2, 0.25) is 0 Å². The molecule has 2 aliphatic carbocycles. The highest BCUT2D eigenvalue weighted by Crippen LogP contribution is 2.35. The fourth-order valence-corrected chi connectivity index (χ4v) is 3.27. The van der Waals surface area contributed by atoms with E-state index in [0.717, 1.165) is 25.2 Å². The Hall–Kier alpha value is -1.83. The van der Waals surface area contributed by atoms with Crippen molar-refractivity contribution in [2.45, 2.75) is 117 Å². The largest absolute Gasteiger partial charge is 0.480 e. The number of carboxylic acids is 1. The predicted molar refractivity (Wildman–Crippen MR) is 126 cm³/mol. The second-order valence-electron chi connectivity index (χ2n) is 11.4. The Morgan fingerprint density at radius 3 is 1.76 bits per heavy atom. The quantitative estimate of drug-likeness (QED) is 0.374. The number of alkyl carbamates (subject to hydrolysis) is 1. The van der Waals surface area contributed by atoms with Crippen molar-refractivity contribution in [2.75, 3.05) is 6.61 Å². The highest BCUT2D eigenvalue weighted by Gasteiger charge is 2.28. The van der Waals surface area contributed by atoms with Crippen molar-refractivity contribution in [1.82, 2.24) is 5.32 Å². The second kappa shape index (κ2) is 13.2. The number of rotatable bonds is 11. The van der Waals surface area contributed by atoms with Gasteiger partial charge in [-0.3, -0.25) is 4.79 Å². The lowest BCUT2D eigenvalue weighted by Crippen LogP contribution is -2.43. The molecule has 0 aliphatic heterocycles. The van der Waals surface area contributed by atoms with E-state index in [1.807, 2.05) is 20.8 Å². The number of carbonyl (C=O) groups excluding carboxylic acids is 2. The highest BCUT2D eigenvalue weighted by atomic mass is 16.6. The van der Waals surface area contributed by atoms with E-state index in [1.165, 1.54) is 25.7 Å². The van der Waals surface area contributed by atoms with Crippen molar-refractivity contribution in [1.29, 1.82) is 0 Å². The first-order valence-electron chi connectivity index (χ1n) is 12.2. The van der Waals surface area contributed by atoms with Gasteiger partial charge in [-0.15, -0.1) is 0 Å². The fraction of sp³-hybridized carbons (Fsp3) is 0.880. The number of carbonyl (C=O) groups is 3. The first-order valence-corrected chi connectivity index (χ1v) is 12.2. The van der Waals surface area contributed by atoms with Gasteiger partial charge in [-0.1, -0.05) is 32.1 Å². The summed E-state index contributed by atoms with van der Waals surface area (Å²) in [6.07, 6.45) is 8.11. The van der Waals surface area contributed by atoms with Crippen LogP contribution in [0.1, 0.15) is 99.3 Å². The Balaban J connectivity index is 0.000000331. The summed E-state index contributed by atoms with van der Waals surface area (Å²) >= 11 is 0. The molecule has 0 spiro atoms. The number of aliphatic hydroxyl groups is 1. The molecule has 1 amide bonds. The van der Waals surface area contributed by atoms with Gasteiger partial charge < -0.3 is 25.0 Å². The van der Waals surface area contributed by atoms with Crippen LogP contribution in [0.2, 0.25) is 0 Å². The number of hydrogen-bond donors (Lipinski definition) is 3. The molecule has 0 unspecified atom stereocenters. The molecule has 3 N–H and O–H groups in total. The summed E-state index contributed by atoms with van der Waals surface area (Å²) in [4.78, 5) is 34.0. The molecule has 0 aromatic carbocycles. The van der Waals surface area contributed by atoms with E-state index in [1.54, 1.807) is 20.8 Å². The van der Waals surface area contributed by atoms with Crippen LogP contribution in [-0.4, -0.2) is 52.1 Å². The SMILES string of the molecule is CC(C)(C)OC(=O)C[C@H](CO)CCC1CC1.CC(C)(C)OC(=O)N[C@@H](CCC1CC1)C(=O)O. The lowest BCUT2D eigenvalue weighted by Gasteiger charge is -2.22. The van der Waals surface area contributed by atoms with Crippen LogP contribution in [0.15, 0.2) is 0 Å². The van der Waals surface area contributed by atoms with Crippen molar-refractivity contribution in [3.05, 3.63) is 0 Å². The minimum atomic E-state index is -1.00. The highest BCUT2D eigenvalue weighted by molar-refractivity contribution is 5.79. The lowest BCUT2D eigenvalue weighted by molar-refractivity contribution is -0.156. The molecule has 0 aromatic heterocycles. The molecule has 2 saturated carbocycles. The first-order chi connectivity index (χ1) is 15.2. The van der Waals surface area contributed by atoms with Crippen molar-refractivity contribution in [2.24, 2.45) is 17.8 Å². The number of ether oxygens (including phenoxy) is 2. The molecule has 2 atom stereocenters. The number of nitrogens with one attached hydrogen (secondary N) is 1. The molecule has 2 rings (SSSR count). The maximum atomic E-state index is 11.6. The van der Waals surface area contributed by atoms with Crippen LogP contribution in [0, 0.1) is 17.8 Å². The molecule has 8 nitrogen and oxygen atoms in total. The molecule has 33 heavy (non-hydrogen) atoms. The Kier molecular flexibility index (Phi) is 11.6. The van der Waals surface area contributed by atoms with Crippen LogP contribution >= 0.6 is 0 Å². The van der Waals surface area contributed by atoms with Gasteiger partial charge in [0.05, 0.1) is 6.42 Å². The summed E-state index contributed by atoms with van der Waals surface area (Å²) in [5.74, 6) is 0.388. The number of carboxylic acid groups (broad SMARTS) is 1. The molecule has 0 radical (unpaired) electrons. The van der Waals surface area contributed by atoms with Gasteiger partial charge in [-0.2, -0.15) is 0 Å². The predicted octanol–water partition coefficient (Wildman–Crippen LogP) is 4.67. The van der Waals surface area contributed by atoms with Crippen LogP contribution in [0.25, 0.3) is 0 Å². The molecular weight excluding hydrogens is 426 g/mol. The van der Waals surface area contributed by atoms with Gasteiger partial charge >= 0.3 is 18.0 Å². The average Bonchev–Trinajstić information content (AvgIpc) is 3.54. The van der Waals surface area contributed by atoms with Gasteiger partial charge in [0.25, 0.3) is 0 Å². The number of aliphatic carboxylic acids is 1. The number of esters is 1. The lowest BCUT2D eigenvalue weighted by atomic mass is 9.98. The van der Waals surface area contributed by atoms with E-state index >= 15 is 0 Å². The summed E-state index contributed by atoms with van der Waals surface area (Å²) in [5, 5.41) is 20.6. The first kappa shape index (κ1) is 29.2. The topological polar surface area (TPSA) is 122 Å². The third-order valence-electron chi connectivity index (χ3n) is 5.36. The summed E-state index contributed by atoms with van der Waals surface area (Å²) in [7, 11) is 0. The molecule has 0 saturated heterocycles. The van der Waals surface area contributed by atoms with E-state index in [0.29, 0.717) is 18.8 Å². The Morgan fingerprint density at radius 2 is 1.36 bits per heavy atom. The van der Waals surface area contributed by atoms with Gasteiger partial charge in [0.15, 0.2) is 0 Å². The number of hydrogen-bond acceptors (Lipinski definition) is 6. The van der Waals surface area contributed by atoms with E-state index in [4.69, 9.17) is 14.6 Å². The van der Waals surface area contributed by atoms with E-state index < -0.39 is 29.3 Å². The van der Waals surface area contributed by atoms with Crippen molar-refractivity contribution < 1.29 is 34.1 Å². The summed E-state index contributed by atoms with van der Waals surface area (Å²) in [5.41, 5.74) is -1.03. The van der Waals surface area contributed by atoms with Crippen molar-refractivity contribution >= 4 is 18.0 Å². The molecule has 2 fully saturated rings. The molecule has 8 heteroatoms. The van der Waals surface area contributed by atoms with Crippen LogP contribution in [0.3, 0.4) is 0 Å². The summed E-state index contributed by atoms with van der Waals surface area (Å²) in [6.45, 7) is 10.9. The third-order valence-corrected chi connectivity index (χ3v) is 5.36. The maximum Gasteiger partial charge on any atom is 0.408 e. The molecular formula is C25H45NO7. The number of amides is 1. The second-order valence-corrected chi connectivity index (χ2v) is 11.4. The van der Waals surface area contributed by atoms with Crippen molar-refractivity contribution in [3.8, 4) is 0 Å².